The zero-order chi connectivity index (χ0) is 16.4. The van der Waals surface area contributed by atoms with Gasteiger partial charge in [0.25, 0.3) is 0 Å². The average molecular weight is 310 g/mol. The summed E-state index contributed by atoms with van der Waals surface area (Å²) in [5, 5.41) is 1.08. The van der Waals surface area contributed by atoms with Crippen LogP contribution in [0.1, 0.15) is 25.6 Å². The quantitative estimate of drug-likeness (QED) is 0.711. The molecule has 0 aliphatic heterocycles. The van der Waals surface area contributed by atoms with Crippen LogP contribution in [0.15, 0.2) is 48.5 Å². The summed E-state index contributed by atoms with van der Waals surface area (Å²) in [4.78, 5) is 0. The summed E-state index contributed by atoms with van der Waals surface area (Å²) >= 11 is 0. The maximum Gasteiger partial charge on any atom is 0.128 e. The molecule has 23 heavy (non-hydrogen) atoms. The van der Waals surface area contributed by atoms with Crippen LogP contribution in [0.25, 0.3) is 10.9 Å². The van der Waals surface area contributed by atoms with Gasteiger partial charge in [0.1, 0.15) is 18.1 Å². The molecular formula is C19H22N2O2. The molecule has 0 saturated carbocycles. The summed E-state index contributed by atoms with van der Waals surface area (Å²) < 4.78 is 13.4. The van der Waals surface area contributed by atoms with Gasteiger partial charge in [0.15, 0.2) is 0 Å². The molecule has 2 aromatic carbocycles. The van der Waals surface area contributed by atoms with E-state index in [-0.39, 0.29) is 0 Å². The topological polar surface area (TPSA) is 49.4 Å². The number of anilines is 1. The Morgan fingerprint density at radius 2 is 1.74 bits per heavy atom. The number of rotatable bonds is 5. The molecule has 0 atom stereocenters. The summed E-state index contributed by atoms with van der Waals surface area (Å²) in [6, 6.07) is 16.1. The highest BCUT2D eigenvalue weighted by atomic mass is 16.5. The van der Waals surface area contributed by atoms with Crippen molar-refractivity contribution in [3.63, 3.8) is 0 Å². The number of aromatic nitrogens is 1. The minimum absolute atomic E-state index is 0.337. The third-order valence-electron chi connectivity index (χ3n) is 3.96. The summed E-state index contributed by atoms with van der Waals surface area (Å²) in [5.74, 6) is 1.64. The Balaban J connectivity index is 1.89. The van der Waals surface area contributed by atoms with Gasteiger partial charge in [0.05, 0.1) is 18.3 Å². The second-order valence-corrected chi connectivity index (χ2v) is 5.84. The van der Waals surface area contributed by atoms with Crippen molar-refractivity contribution in [2.75, 3.05) is 12.8 Å². The maximum atomic E-state index is 6.11. The van der Waals surface area contributed by atoms with Crippen LogP contribution < -0.4 is 15.2 Å². The van der Waals surface area contributed by atoms with Crippen LogP contribution in [0.3, 0.4) is 0 Å². The minimum atomic E-state index is 0.337. The maximum absolute atomic E-state index is 6.11. The molecule has 0 aliphatic rings. The summed E-state index contributed by atoms with van der Waals surface area (Å²) in [5.41, 5.74) is 9.17. The van der Waals surface area contributed by atoms with E-state index >= 15 is 0 Å². The van der Waals surface area contributed by atoms with Gasteiger partial charge in [0, 0.05) is 17.1 Å². The summed E-state index contributed by atoms with van der Waals surface area (Å²) in [7, 11) is 1.65. The van der Waals surface area contributed by atoms with E-state index < -0.39 is 0 Å². The van der Waals surface area contributed by atoms with E-state index in [1.807, 2.05) is 36.4 Å². The monoisotopic (exact) mass is 310 g/mol. The average Bonchev–Trinajstić information content (AvgIpc) is 2.93. The van der Waals surface area contributed by atoms with Gasteiger partial charge >= 0.3 is 0 Å². The Kier molecular flexibility index (Phi) is 4.15. The first-order chi connectivity index (χ1) is 11.1. The first-order valence-electron chi connectivity index (χ1n) is 7.75. The van der Waals surface area contributed by atoms with Crippen molar-refractivity contribution in [3.8, 4) is 11.5 Å². The van der Waals surface area contributed by atoms with Gasteiger partial charge in [0.2, 0.25) is 0 Å². The number of benzene rings is 2. The van der Waals surface area contributed by atoms with Gasteiger partial charge < -0.3 is 19.8 Å². The van der Waals surface area contributed by atoms with Crippen molar-refractivity contribution >= 4 is 16.6 Å². The zero-order valence-corrected chi connectivity index (χ0v) is 13.7. The van der Waals surface area contributed by atoms with Gasteiger partial charge in [-0.3, -0.25) is 0 Å². The fraction of sp³-hybridized carbons (Fsp3) is 0.263. The molecule has 0 bridgehead atoms. The second kappa shape index (κ2) is 6.24. The zero-order valence-electron chi connectivity index (χ0n) is 13.7. The Labute approximate surface area is 136 Å². The van der Waals surface area contributed by atoms with E-state index in [0.717, 1.165) is 33.8 Å². The van der Waals surface area contributed by atoms with E-state index in [1.165, 1.54) is 0 Å². The van der Waals surface area contributed by atoms with Crippen LogP contribution >= 0.6 is 0 Å². The van der Waals surface area contributed by atoms with Crippen LogP contribution in [0.4, 0.5) is 5.69 Å². The van der Waals surface area contributed by atoms with E-state index in [1.54, 1.807) is 7.11 Å². The Hall–Kier alpha value is -2.62. The molecule has 0 aliphatic carbocycles. The highest BCUT2D eigenvalue weighted by molar-refractivity contribution is 5.92. The molecule has 0 unspecified atom stereocenters. The second-order valence-electron chi connectivity index (χ2n) is 5.84. The molecule has 3 aromatic rings. The molecule has 0 amide bonds. The lowest BCUT2D eigenvalue weighted by molar-refractivity contribution is 0.292. The Morgan fingerprint density at radius 1 is 1.04 bits per heavy atom. The first-order valence-corrected chi connectivity index (χ1v) is 7.75. The third kappa shape index (κ3) is 2.97. The molecule has 120 valence electrons. The molecule has 4 nitrogen and oxygen atoms in total. The highest BCUT2D eigenvalue weighted by Gasteiger charge is 2.13. The van der Waals surface area contributed by atoms with Crippen molar-refractivity contribution in [1.29, 1.82) is 0 Å². The molecule has 0 radical (unpaired) electrons. The Morgan fingerprint density at radius 3 is 2.39 bits per heavy atom. The van der Waals surface area contributed by atoms with Gasteiger partial charge in [-0.1, -0.05) is 6.07 Å². The van der Waals surface area contributed by atoms with Crippen molar-refractivity contribution < 1.29 is 9.47 Å². The van der Waals surface area contributed by atoms with Crippen LogP contribution in [0.2, 0.25) is 0 Å². The van der Waals surface area contributed by atoms with Gasteiger partial charge in [-0.05, 0) is 56.3 Å². The lowest BCUT2D eigenvalue weighted by Crippen LogP contribution is -2.08. The molecule has 1 heterocycles. The minimum Gasteiger partial charge on any atom is -0.497 e. The molecular weight excluding hydrogens is 288 g/mol. The molecule has 4 heteroatoms. The molecule has 0 saturated heterocycles. The van der Waals surface area contributed by atoms with Crippen molar-refractivity contribution in [3.05, 3.63) is 54.2 Å². The lowest BCUT2D eigenvalue weighted by atomic mass is 10.2. The first kappa shape index (κ1) is 15.3. The molecule has 3 rings (SSSR count). The predicted molar refractivity (Wildman–Crippen MR) is 94.1 cm³/mol. The van der Waals surface area contributed by atoms with Crippen molar-refractivity contribution in [1.82, 2.24) is 4.57 Å². The lowest BCUT2D eigenvalue weighted by Gasteiger charge is -2.15. The van der Waals surface area contributed by atoms with E-state index in [9.17, 15) is 0 Å². The van der Waals surface area contributed by atoms with Crippen LogP contribution in [-0.4, -0.2) is 11.7 Å². The largest absolute Gasteiger partial charge is 0.497 e. The molecule has 1 aromatic heterocycles. The van der Waals surface area contributed by atoms with Crippen molar-refractivity contribution in [2.24, 2.45) is 0 Å². The standard InChI is InChI=1S/C19H22N2O2/c1-13(2)21-14(11-17-18(20)5-4-6-19(17)21)12-23-16-9-7-15(22-3)8-10-16/h4-11,13H,12,20H2,1-3H3. The highest BCUT2D eigenvalue weighted by Crippen LogP contribution is 2.29. The van der Waals surface area contributed by atoms with Crippen LogP contribution in [-0.2, 0) is 6.61 Å². The van der Waals surface area contributed by atoms with Crippen LogP contribution in [0, 0.1) is 0 Å². The molecule has 0 fully saturated rings. The number of methoxy groups -OCH3 is 1. The number of nitrogens with two attached hydrogens (primary N) is 1. The van der Waals surface area contributed by atoms with E-state index in [2.05, 4.69) is 30.5 Å². The number of hydrogen-bond acceptors (Lipinski definition) is 3. The predicted octanol–water partition coefficient (Wildman–Crippen LogP) is 4.39. The van der Waals surface area contributed by atoms with Gasteiger partial charge in [-0.15, -0.1) is 0 Å². The number of hydrogen-bond donors (Lipinski definition) is 1. The van der Waals surface area contributed by atoms with Gasteiger partial charge in [-0.25, -0.2) is 0 Å². The Bertz CT molecular complexity index is 804. The smallest absolute Gasteiger partial charge is 0.128 e. The normalized spacial score (nSPS) is 11.1. The van der Waals surface area contributed by atoms with E-state index in [0.29, 0.717) is 12.6 Å². The van der Waals surface area contributed by atoms with Crippen LogP contribution in [0.5, 0.6) is 11.5 Å². The van der Waals surface area contributed by atoms with Crippen molar-refractivity contribution in [2.45, 2.75) is 26.5 Å². The molecule has 0 spiro atoms. The van der Waals surface area contributed by atoms with E-state index in [4.69, 9.17) is 15.2 Å². The SMILES string of the molecule is COc1ccc(OCc2cc3c(N)cccc3n2C(C)C)cc1. The summed E-state index contributed by atoms with van der Waals surface area (Å²) in [6.45, 7) is 4.83. The number of fused-ring (bicyclic) bond motifs is 1. The number of ether oxygens (including phenoxy) is 2. The fourth-order valence-electron chi connectivity index (χ4n) is 2.88. The third-order valence-corrected chi connectivity index (χ3v) is 3.96. The number of nitrogen functional groups attached to an aromatic ring is 1. The number of nitrogens with zero attached hydrogens (tertiary/aromatic N) is 1. The fourth-order valence-corrected chi connectivity index (χ4v) is 2.88. The van der Waals surface area contributed by atoms with Gasteiger partial charge in [-0.2, -0.15) is 0 Å². The molecule has 2 N–H and O–H groups in total. The summed E-state index contributed by atoms with van der Waals surface area (Å²) in [6.07, 6.45) is 0.